The summed E-state index contributed by atoms with van der Waals surface area (Å²) in [5, 5.41) is 0. The molecule has 0 spiro atoms. The largest absolute Gasteiger partial charge is 0.460 e. The van der Waals surface area contributed by atoms with Gasteiger partial charge in [0, 0.05) is 37.2 Å². The number of carbonyl (C=O) groups is 2. The normalized spacial score (nSPS) is 16.1. The van der Waals surface area contributed by atoms with Crippen LogP contribution in [0.3, 0.4) is 0 Å². The minimum atomic E-state index is -4.41. The van der Waals surface area contributed by atoms with Gasteiger partial charge in [0.05, 0.1) is 12.0 Å². The van der Waals surface area contributed by atoms with Crippen LogP contribution < -0.4 is 0 Å². The molecule has 0 radical (unpaired) electrons. The van der Waals surface area contributed by atoms with E-state index in [2.05, 4.69) is 24.0 Å². The van der Waals surface area contributed by atoms with Crippen LogP contribution in [0.1, 0.15) is 87.7 Å². The first-order valence-electron chi connectivity index (χ1n) is 16.3. The summed E-state index contributed by atoms with van der Waals surface area (Å²) < 4.78 is 45.0. The average Bonchev–Trinajstić information content (AvgIpc) is 3.03. The summed E-state index contributed by atoms with van der Waals surface area (Å²) in [5.41, 5.74) is 1.30. The highest BCUT2D eigenvalue weighted by atomic mass is 19.4. The zero-order valence-corrected chi connectivity index (χ0v) is 27.7. The van der Waals surface area contributed by atoms with Crippen molar-refractivity contribution in [2.24, 2.45) is 0 Å². The highest BCUT2D eigenvalue weighted by molar-refractivity contribution is 6.01. The molecule has 248 valence electrons. The Morgan fingerprint density at radius 3 is 2.07 bits per heavy atom. The second-order valence-corrected chi connectivity index (χ2v) is 13.5. The van der Waals surface area contributed by atoms with E-state index in [0.717, 1.165) is 63.9 Å². The lowest BCUT2D eigenvalue weighted by molar-refractivity contribution is -0.156. The maximum absolute atomic E-state index is 13.7. The molecule has 0 N–H and O–H groups in total. The Morgan fingerprint density at radius 2 is 1.48 bits per heavy atom. The highest BCUT2D eigenvalue weighted by Gasteiger charge is 2.35. The van der Waals surface area contributed by atoms with Crippen LogP contribution >= 0.6 is 0 Å². The van der Waals surface area contributed by atoms with Crippen molar-refractivity contribution < 1.29 is 27.5 Å². The molecule has 1 amide bonds. The SMILES string of the molecule is CCC(CCCN1CCC(N(C)C(=O)c2ccccc2-c2ccc(C(F)(F)F)cc2)CC1)(CC(=O)OC(C)(C)C)c1ccccc1. The Bertz CT molecular complexity index is 1440. The Hall–Kier alpha value is -3.65. The van der Waals surface area contributed by atoms with Crippen LogP contribution in [0, 0.1) is 0 Å². The minimum absolute atomic E-state index is 0.0654. The van der Waals surface area contributed by atoms with Gasteiger partial charge in [0.25, 0.3) is 5.91 Å². The van der Waals surface area contributed by atoms with Gasteiger partial charge in [-0.2, -0.15) is 13.2 Å². The van der Waals surface area contributed by atoms with E-state index in [-0.39, 0.29) is 23.3 Å². The van der Waals surface area contributed by atoms with Crippen molar-refractivity contribution in [1.29, 1.82) is 0 Å². The number of ether oxygens (including phenoxy) is 1. The molecule has 0 aliphatic carbocycles. The number of hydrogen-bond donors (Lipinski definition) is 0. The summed E-state index contributed by atoms with van der Waals surface area (Å²) in [4.78, 5) is 30.9. The Labute approximate surface area is 271 Å². The van der Waals surface area contributed by atoms with Gasteiger partial charge in [-0.05, 0) is 94.3 Å². The molecule has 1 saturated heterocycles. The fraction of sp³-hybridized carbons (Fsp3) is 0.474. The van der Waals surface area contributed by atoms with Crippen molar-refractivity contribution in [3.05, 3.63) is 95.6 Å². The predicted octanol–water partition coefficient (Wildman–Crippen LogP) is 8.77. The molecular weight excluding hydrogens is 589 g/mol. The number of esters is 1. The third-order valence-corrected chi connectivity index (χ3v) is 9.20. The monoisotopic (exact) mass is 636 g/mol. The molecule has 1 heterocycles. The molecule has 3 aromatic rings. The van der Waals surface area contributed by atoms with Gasteiger partial charge in [-0.1, -0.05) is 67.6 Å². The van der Waals surface area contributed by atoms with E-state index in [1.54, 1.807) is 29.2 Å². The molecule has 8 heteroatoms. The lowest BCUT2D eigenvalue weighted by atomic mass is 9.72. The topological polar surface area (TPSA) is 49.9 Å². The van der Waals surface area contributed by atoms with E-state index in [1.165, 1.54) is 17.7 Å². The number of amides is 1. The van der Waals surface area contributed by atoms with E-state index in [9.17, 15) is 22.8 Å². The smallest absolute Gasteiger partial charge is 0.416 e. The summed E-state index contributed by atoms with van der Waals surface area (Å²) in [6.45, 7) is 10.5. The fourth-order valence-electron chi connectivity index (χ4n) is 6.57. The number of likely N-dealkylation sites (tertiary alicyclic amines) is 1. The first kappa shape index (κ1) is 35.2. The molecule has 5 nitrogen and oxygen atoms in total. The Morgan fingerprint density at radius 1 is 0.870 bits per heavy atom. The molecule has 1 aliphatic heterocycles. The number of piperidine rings is 1. The van der Waals surface area contributed by atoms with Crippen LogP contribution in [-0.2, 0) is 21.1 Å². The molecule has 0 saturated carbocycles. The van der Waals surface area contributed by atoms with Gasteiger partial charge in [-0.25, -0.2) is 0 Å². The van der Waals surface area contributed by atoms with Gasteiger partial charge < -0.3 is 14.5 Å². The van der Waals surface area contributed by atoms with Crippen molar-refractivity contribution in [2.75, 3.05) is 26.7 Å². The van der Waals surface area contributed by atoms with Gasteiger partial charge in [-0.3, -0.25) is 9.59 Å². The van der Waals surface area contributed by atoms with Gasteiger partial charge >= 0.3 is 12.1 Å². The number of rotatable bonds is 11. The van der Waals surface area contributed by atoms with Crippen molar-refractivity contribution >= 4 is 11.9 Å². The molecule has 3 aromatic carbocycles. The molecule has 0 aromatic heterocycles. The number of benzene rings is 3. The third-order valence-electron chi connectivity index (χ3n) is 9.20. The van der Waals surface area contributed by atoms with Crippen LogP contribution in [-0.4, -0.2) is 60.0 Å². The summed E-state index contributed by atoms with van der Waals surface area (Å²) in [7, 11) is 1.82. The summed E-state index contributed by atoms with van der Waals surface area (Å²) in [6.07, 6.45) is 0.231. The lowest BCUT2D eigenvalue weighted by Crippen LogP contribution is -2.46. The first-order chi connectivity index (χ1) is 21.7. The molecular formula is C38H47F3N2O3. The summed E-state index contributed by atoms with van der Waals surface area (Å²) in [5.74, 6) is -0.307. The number of alkyl halides is 3. The summed E-state index contributed by atoms with van der Waals surface area (Å²) in [6, 6.07) is 22.4. The van der Waals surface area contributed by atoms with Gasteiger partial charge in [0.2, 0.25) is 0 Å². The minimum Gasteiger partial charge on any atom is -0.460 e. The predicted molar refractivity (Wildman–Crippen MR) is 177 cm³/mol. The fourth-order valence-corrected chi connectivity index (χ4v) is 6.57. The van der Waals surface area contributed by atoms with E-state index in [0.29, 0.717) is 23.1 Å². The van der Waals surface area contributed by atoms with Crippen LogP contribution in [0.25, 0.3) is 11.1 Å². The second-order valence-electron chi connectivity index (χ2n) is 13.5. The standard InChI is InChI=1S/C38H47F3N2O3/c1-6-37(29-13-8-7-9-14-29,27-34(44)46-36(2,3)4)23-12-24-43-25-21-31(22-26-43)42(5)35(45)33-16-11-10-15-32(33)28-17-19-30(20-18-28)38(39,40)41/h7-11,13-20,31H,6,12,21-27H2,1-5H3. The molecule has 1 fully saturated rings. The first-order valence-corrected chi connectivity index (χ1v) is 16.3. The van der Waals surface area contributed by atoms with Crippen LogP contribution in [0.2, 0.25) is 0 Å². The van der Waals surface area contributed by atoms with Gasteiger partial charge in [0.1, 0.15) is 5.60 Å². The molecule has 1 aliphatic rings. The number of halogens is 3. The average molecular weight is 637 g/mol. The molecule has 1 unspecified atom stereocenters. The molecule has 0 bridgehead atoms. The lowest BCUT2D eigenvalue weighted by Gasteiger charge is -2.38. The highest BCUT2D eigenvalue weighted by Crippen LogP contribution is 2.38. The van der Waals surface area contributed by atoms with Crippen molar-refractivity contribution in [3.63, 3.8) is 0 Å². The zero-order chi connectivity index (χ0) is 33.5. The second kappa shape index (κ2) is 14.8. The third kappa shape index (κ3) is 8.99. The van der Waals surface area contributed by atoms with Crippen molar-refractivity contribution in [3.8, 4) is 11.1 Å². The van der Waals surface area contributed by atoms with E-state index < -0.39 is 17.3 Å². The number of nitrogens with zero attached hydrogens (tertiary/aromatic N) is 2. The number of carbonyl (C=O) groups excluding carboxylic acids is 2. The van der Waals surface area contributed by atoms with Crippen LogP contribution in [0.5, 0.6) is 0 Å². The van der Waals surface area contributed by atoms with E-state index >= 15 is 0 Å². The molecule has 4 rings (SSSR count). The van der Waals surface area contributed by atoms with Crippen LogP contribution in [0.4, 0.5) is 13.2 Å². The maximum atomic E-state index is 13.7. The Kier molecular flexibility index (Phi) is 11.4. The number of hydrogen-bond acceptors (Lipinski definition) is 4. The zero-order valence-electron chi connectivity index (χ0n) is 27.7. The van der Waals surface area contributed by atoms with Crippen molar-refractivity contribution in [2.45, 2.75) is 89.5 Å². The van der Waals surface area contributed by atoms with Gasteiger partial charge in [-0.15, -0.1) is 0 Å². The quantitative estimate of drug-likeness (QED) is 0.198. The summed E-state index contributed by atoms with van der Waals surface area (Å²) >= 11 is 0. The molecule has 1 atom stereocenters. The van der Waals surface area contributed by atoms with Gasteiger partial charge in [0.15, 0.2) is 0 Å². The van der Waals surface area contributed by atoms with Crippen LogP contribution in [0.15, 0.2) is 78.9 Å². The molecule has 46 heavy (non-hydrogen) atoms. The van der Waals surface area contributed by atoms with Crippen molar-refractivity contribution in [1.82, 2.24) is 9.80 Å². The maximum Gasteiger partial charge on any atom is 0.416 e. The van der Waals surface area contributed by atoms with E-state index in [1.807, 2.05) is 46.0 Å². The Balaban J connectivity index is 1.36. The van der Waals surface area contributed by atoms with E-state index in [4.69, 9.17) is 4.74 Å².